The second kappa shape index (κ2) is 5.29. The molecule has 3 N–H and O–H groups in total. The molecule has 0 aliphatic carbocycles. The summed E-state index contributed by atoms with van der Waals surface area (Å²) in [5.74, 6) is 0.109. The number of amides is 1. The maximum atomic E-state index is 12.9. The molecule has 2 heterocycles. The van der Waals surface area contributed by atoms with Gasteiger partial charge < -0.3 is 15.6 Å². The van der Waals surface area contributed by atoms with E-state index in [1.807, 2.05) is 42.3 Å². The summed E-state index contributed by atoms with van der Waals surface area (Å²) < 4.78 is 0. The van der Waals surface area contributed by atoms with Crippen LogP contribution in [-0.2, 0) is 0 Å². The summed E-state index contributed by atoms with van der Waals surface area (Å²) in [6, 6.07) is 7.97. The van der Waals surface area contributed by atoms with E-state index in [1.165, 1.54) is 0 Å². The Bertz CT molecular complexity index is 617. The van der Waals surface area contributed by atoms with E-state index in [4.69, 9.17) is 5.73 Å². The molecule has 2 atom stereocenters. The van der Waals surface area contributed by atoms with Crippen molar-refractivity contribution in [2.45, 2.75) is 38.3 Å². The minimum absolute atomic E-state index is 0.0182. The Hall–Kier alpha value is -1.81. The van der Waals surface area contributed by atoms with Gasteiger partial charge in [0.25, 0.3) is 5.91 Å². The zero-order chi connectivity index (χ0) is 14.1. The second-order valence-corrected chi connectivity index (χ2v) is 5.67. The summed E-state index contributed by atoms with van der Waals surface area (Å²) >= 11 is 0. The number of likely N-dealkylation sites (tertiary alicyclic amines) is 1. The van der Waals surface area contributed by atoms with Crippen LogP contribution >= 0.6 is 0 Å². The highest BCUT2D eigenvalue weighted by atomic mass is 16.2. The van der Waals surface area contributed by atoms with Gasteiger partial charge in [0.15, 0.2) is 0 Å². The van der Waals surface area contributed by atoms with Crippen molar-refractivity contribution >= 4 is 16.8 Å². The van der Waals surface area contributed by atoms with Crippen molar-refractivity contribution < 1.29 is 4.79 Å². The molecule has 1 amide bonds. The van der Waals surface area contributed by atoms with E-state index in [-0.39, 0.29) is 18.0 Å². The van der Waals surface area contributed by atoms with E-state index in [9.17, 15) is 4.79 Å². The quantitative estimate of drug-likeness (QED) is 0.881. The van der Waals surface area contributed by atoms with Crippen LogP contribution in [0.15, 0.2) is 30.5 Å². The van der Waals surface area contributed by atoms with Crippen LogP contribution in [0.1, 0.15) is 36.5 Å². The third-order valence-electron chi connectivity index (χ3n) is 4.24. The molecule has 2 aromatic rings. The molecule has 106 valence electrons. The standard InChI is InChI=1S/C16H21N3O/c1-11(17)15-7-2-3-10-19(15)16(20)13-5-4-6-14-12(13)8-9-18-14/h4-6,8-9,11,15,18H,2-3,7,10,17H2,1H3. The number of nitrogens with zero attached hydrogens (tertiary/aromatic N) is 1. The Morgan fingerprint density at radius 2 is 2.25 bits per heavy atom. The average Bonchev–Trinajstić information content (AvgIpc) is 2.94. The molecule has 0 radical (unpaired) electrons. The van der Waals surface area contributed by atoms with Gasteiger partial charge >= 0.3 is 0 Å². The van der Waals surface area contributed by atoms with Crippen molar-refractivity contribution in [3.63, 3.8) is 0 Å². The van der Waals surface area contributed by atoms with Crippen LogP contribution in [0.5, 0.6) is 0 Å². The first-order chi connectivity index (χ1) is 9.68. The molecule has 1 fully saturated rings. The van der Waals surface area contributed by atoms with Crippen LogP contribution in [0, 0.1) is 0 Å². The second-order valence-electron chi connectivity index (χ2n) is 5.67. The van der Waals surface area contributed by atoms with Gasteiger partial charge in [-0.25, -0.2) is 0 Å². The fraction of sp³-hybridized carbons (Fsp3) is 0.438. The van der Waals surface area contributed by atoms with Crippen LogP contribution in [0.3, 0.4) is 0 Å². The van der Waals surface area contributed by atoms with Crippen molar-refractivity contribution in [3.8, 4) is 0 Å². The van der Waals surface area contributed by atoms with Crippen molar-refractivity contribution in [3.05, 3.63) is 36.0 Å². The summed E-state index contributed by atoms with van der Waals surface area (Å²) in [7, 11) is 0. The van der Waals surface area contributed by atoms with E-state index < -0.39 is 0 Å². The SMILES string of the molecule is CC(N)C1CCCCN1C(=O)c1cccc2[nH]ccc12. The zero-order valence-corrected chi connectivity index (χ0v) is 11.8. The van der Waals surface area contributed by atoms with Gasteiger partial charge in [0.05, 0.1) is 0 Å². The molecular formula is C16H21N3O. The largest absolute Gasteiger partial charge is 0.361 e. The van der Waals surface area contributed by atoms with E-state index in [2.05, 4.69) is 4.98 Å². The molecule has 1 saturated heterocycles. The number of fused-ring (bicyclic) bond motifs is 1. The molecule has 4 heteroatoms. The van der Waals surface area contributed by atoms with Gasteiger partial charge in [-0.3, -0.25) is 4.79 Å². The predicted molar refractivity (Wildman–Crippen MR) is 80.6 cm³/mol. The monoisotopic (exact) mass is 271 g/mol. The Labute approximate surface area is 118 Å². The van der Waals surface area contributed by atoms with Crippen molar-refractivity contribution in [2.24, 2.45) is 5.73 Å². The maximum absolute atomic E-state index is 12.9. The molecule has 1 aliphatic heterocycles. The van der Waals surface area contributed by atoms with Gasteiger partial charge in [-0.2, -0.15) is 0 Å². The molecule has 2 unspecified atom stereocenters. The molecular weight excluding hydrogens is 250 g/mol. The first-order valence-electron chi connectivity index (χ1n) is 7.31. The van der Waals surface area contributed by atoms with E-state index in [0.717, 1.165) is 42.3 Å². The average molecular weight is 271 g/mol. The highest BCUT2D eigenvalue weighted by Crippen LogP contribution is 2.25. The first-order valence-corrected chi connectivity index (χ1v) is 7.31. The van der Waals surface area contributed by atoms with Crippen LogP contribution in [-0.4, -0.2) is 34.4 Å². The highest BCUT2D eigenvalue weighted by molar-refractivity contribution is 6.06. The molecule has 1 aliphatic rings. The summed E-state index contributed by atoms with van der Waals surface area (Å²) in [5.41, 5.74) is 7.85. The van der Waals surface area contributed by atoms with Crippen molar-refractivity contribution in [1.29, 1.82) is 0 Å². The number of carbonyl (C=O) groups is 1. The van der Waals surface area contributed by atoms with E-state index in [0.29, 0.717) is 0 Å². The van der Waals surface area contributed by atoms with Crippen molar-refractivity contribution in [2.75, 3.05) is 6.54 Å². The molecule has 0 spiro atoms. The lowest BCUT2D eigenvalue weighted by atomic mass is 9.95. The zero-order valence-electron chi connectivity index (χ0n) is 11.8. The van der Waals surface area contributed by atoms with Crippen LogP contribution < -0.4 is 5.73 Å². The fourth-order valence-corrected chi connectivity index (χ4v) is 3.18. The number of nitrogens with two attached hydrogens (primary N) is 1. The van der Waals surface area contributed by atoms with Gasteiger partial charge in [0.1, 0.15) is 0 Å². The number of H-pyrrole nitrogens is 1. The summed E-state index contributed by atoms with van der Waals surface area (Å²) in [5, 5.41) is 0.992. The number of nitrogens with one attached hydrogen (secondary N) is 1. The first kappa shape index (κ1) is 13.2. The van der Waals surface area contributed by atoms with E-state index >= 15 is 0 Å². The number of hydrogen-bond acceptors (Lipinski definition) is 2. The number of aromatic nitrogens is 1. The highest BCUT2D eigenvalue weighted by Gasteiger charge is 2.30. The van der Waals surface area contributed by atoms with Gasteiger partial charge in [0.2, 0.25) is 0 Å². The Morgan fingerprint density at radius 3 is 3.05 bits per heavy atom. The lowest BCUT2D eigenvalue weighted by Gasteiger charge is -2.38. The van der Waals surface area contributed by atoms with Gasteiger partial charge in [-0.15, -0.1) is 0 Å². The summed E-state index contributed by atoms with van der Waals surface area (Å²) in [4.78, 5) is 18.0. The maximum Gasteiger partial charge on any atom is 0.254 e. The van der Waals surface area contributed by atoms with Crippen LogP contribution in [0.4, 0.5) is 0 Å². The third-order valence-corrected chi connectivity index (χ3v) is 4.24. The van der Waals surface area contributed by atoms with Crippen LogP contribution in [0.2, 0.25) is 0 Å². The fourth-order valence-electron chi connectivity index (χ4n) is 3.18. The Balaban J connectivity index is 1.96. The number of aromatic amines is 1. The van der Waals surface area contributed by atoms with Crippen LogP contribution in [0.25, 0.3) is 10.9 Å². The molecule has 4 nitrogen and oxygen atoms in total. The number of benzene rings is 1. The topological polar surface area (TPSA) is 62.1 Å². The minimum Gasteiger partial charge on any atom is -0.361 e. The van der Waals surface area contributed by atoms with Gasteiger partial charge in [-0.05, 0) is 44.4 Å². The smallest absolute Gasteiger partial charge is 0.254 e. The van der Waals surface area contributed by atoms with E-state index in [1.54, 1.807) is 0 Å². The normalized spacial score (nSPS) is 21.1. The van der Waals surface area contributed by atoms with Gasteiger partial charge in [0, 0.05) is 41.3 Å². The Morgan fingerprint density at radius 1 is 1.40 bits per heavy atom. The molecule has 1 aromatic carbocycles. The number of hydrogen-bond donors (Lipinski definition) is 2. The lowest BCUT2D eigenvalue weighted by molar-refractivity contribution is 0.0586. The summed E-state index contributed by atoms with van der Waals surface area (Å²) in [6.07, 6.45) is 5.11. The minimum atomic E-state index is 0.0182. The number of rotatable bonds is 2. The number of piperidine rings is 1. The molecule has 3 rings (SSSR count). The predicted octanol–water partition coefficient (Wildman–Crippen LogP) is 2.51. The number of carbonyl (C=O) groups excluding carboxylic acids is 1. The molecule has 0 saturated carbocycles. The lowest BCUT2D eigenvalue weighted by Crippen LogP contribution is -2.51. The third kappa shape index (κ3) is 2.20. The van der Waals surface area contributed by atoms with Crippen molar-refractivity contribution in [1.82, 2.24) is 9.88 Å². The van der Waals surface area contributed by atoms with Gasteiger partial charge in [-0.1, -0.05) is 6.07 Å². The Kier molecular flexibility index (Phi) is 3.49. The summed E-state index contributed by atoms with van der Waals surface area (Å²) in [6.45, 7) is 2.80. The molecule has 20 heavy (non-hydrogen) atoms. The molecule has 1 aromatic heterocycles. The molecule has 0 bridgehead atoms.